The van der Waals surface area contributed by atoms with E-state index in [9.17, 15) is 0 Å². The van der Waals surface area contributed by atoms with E-state index in [2.05, 4.69) is 11.3 Å². The lowest BCUT2D eigenvalue weighted by atomic mass is 10.3. The fourth-order valence-electron chi connectivity index (χ4n) is 0.429. The molecule has 1 N–H and O–H groups in total. The monoisotopic (exact) mass is 125 g/mol. The van der Waals surface area contributed by atoms with Crippen LogP contribution >= 0.6 is 11.9 Å². The Labute approximate surface area is 53.3 Å². The van der Waals surface area contributed by atoms with Gasteiger partial charge in [-0.1, -0.05) is 12.7 Å². The lowest BCUT2D eigenvalue weighted by Crippen LogP contribution is -1.93. The van der Waals surface area contributed by atoms with Crippen LogP contribution in [0, 0.1) is 0 Å². The van der Waals surface area contributed by atoms with Crippen molar-refractivity contribution in [1.29, 1.82) is 0 Å². The minimum absolute atomic E-state index is 1.13. The summed E-state index contributed by atoms with van der Waals surface area (Å²) < 4.78 is 2.98. The van der Waals surface area contributed by atoms with Crippen molar-refractivity contribution in [3.63, 3.8) is 0 Å². The van der Waals surface area contributed by atoms with E-state index in [1.54, 1.807) is 11.9 Å². The molecule has 2 heteroatoms. The maximum Gasteiger partial charge on any atom is 0.0148 e. The third-order valence-electron chi connectivity index (χ3n) is 0.858. The molecule has 42 valence electrons. The van der Waals surface area contributed by atoms with Gasteiger partial charge < -0.3 is 4.72 Å². The van der Waals surface area contributed by atoms with E-state index in [-0.39, 0.29) is 0 Å². The lowest BCUT2D eigenvalue weighted by molar-refractivity contribution is 1.38. The molecule has 1 aliphatic rings. The normalized spacial score (nSPS) is 16.8. The van der Waals surface area contributed by atoms with Gasteiger partial charge in [-0.3, -0.25) is 0 Å². The fraction of sp³-hybridized carbons (Fsp3) is 0. The number of hydrogen-bond donors (Lipinski definition) is 1. The summed E-state index contributed by atoms with van der Waals surface area (Å²) in [4.78, 5) is 0. The average Bonchev–Trinajstić information content (AvgIpc) is 1.90. The van der Waals surface area contributed by atoms with Gasteiger partial charge in [-0.15, -0.1) is 0 Å². The van der Waals surface area contributed by atoms with Crippen molar-refractivity contribution >= 4 is 11.9 Å². The van der Waals surface area contributed by atoms with Crippen LogP contribution in [0.1, 0.15) is 0 Å². The molecule has 0 saturated carbocycles. The van der Waals surface area contributed by atoms with Crippen LogP contribution in [0.3, 0.4) is 0 Å². The molecule has 1 heterocycles. The van der Waals surface area contributed by atoms with Crippen LogP contribution in [0.2, 0.25) is 0 Å². The highest BCUT2D eigenvalue weighted by Gasteiger charge is 1.87. The summed E-state index contributed by atoms with van der Waals surface area (Å²) >= 11 is 1.56. The Morgan fingerprint density at radius 3 is 3.00 bits per heavy atom. The van der Waals surface area contributed by atoms with Gasteiger partial charge in [0, 0.05) is 6.20 Å². The molecular weight excluding hydrogens is 118 g/mol. The predicted molar refractivity (Wildman–Crippen MR) is 38.1 cm³/mol. The van der Waals surface area contributed by atoms with E-state index in [1.807, 2.05) is 23.8 Å². The Morgan fingerprint density at radius 2 is 2.62 bits per heavy atom. The van der Waals surface area contributed by atoms with Crippen molar-refractivity contribution in [2.24, 2.45) is 0 Å². The van der Waals surface area contributed by atoms with Gasteiger partial charge in [-0.25, -0.2) is 0 Å². The summed E-state index contributed by atoms with van der Waals surface area (Å²) in [5.41, 5.74) is 1.13. The minimum atomic E-state index is 1.13. The van der Waals surface area contributed by atoms with Crippen LogP contribution in [0.5, 0.6) is 0 Å². The van der Waals surface area contributed by atoms with Crippen LogP contribution in [0.4, 0.5) is 0 Å². The maximum atomic E-state index is 3.62. The van der Waals surface area contributed by atoms with Gasteiger partial charge in [0.15, 0.2) is 0 Å². The summed E-state index contributed by atoms with van der Waals surface area (Å²) in [6.07, 6.45) is 5.73. The second-order valence-electron chi connectivity index (χ2n) is 1.39. The molecule has 0 unspecified atom stereocenters. The first-order chi connectivity index (χ1) is 3.93. The Hall–Kier alpha value is -0.630. The molecule has 1 rings (SSSR count). The summed E-state index contributed by atoms with van der Waals surface area (Å²) in [5, 5.41) is 1.98. The largest absolute Gasteiger partial charge is 0.332 e. The van der Waals surface area contributed by atoms with Gasteiger partial charge in [-0.2, -0.15) is 0 Å². The molecule has 0 aromatic carbocycles. The molecule has 8 heavy (non-hydrogen) atoms. The second-order valence-corrected chi connectivity index (χ2v) is 2.13. The zero-order chi connectivity index (χ0) is 5.82. The van der Waals surface area contributed by atoms with E-state index in [0.29, 0.717) is 0 Å². The smallest absolute Gasteiger partial charge is 0.0148 e. The number of nitrogens with one attached hydrogen (secondary N) is 1. The second kappa shape index (κ2) is 2.62. The molecule has 1 nitrogen and oxygen atoms in total. The molecular formula is C6H7NS. The van der Waals surface area contributed by atoms with Crippen LogP contribution in [0.15, 0.2) is 35.9 Å². The molecule has 0 fully saturated rings. The first-order valence-electron chi connectivity index (χ1n) is 2.34. The molecule has 0 radical (unpaired) electrons. The molecule has 0 aromatic rings. The van der Waals surface area contributed by atoms with Gasteiger partial charge in [0.2, 0.25) is 0 Å². The van der Waals surface area contributed by atoms with Crippen molar-refractivity contribution < 1.29 is 0 Å². The van der Waals surface area contributed by atoms with E-state index >= 15 is 0 Å². The Morgan fingerprint density at radius 1 is 1.75 bits per heavy atom. The van der Waals surface area contributed by atoms with Crippen LogP contribution in [0.25, 0.3) is 0 Å². The van der Waals surface area contributed by atoms with Crippen molar-refractivity contribution in [1.82, 2.24) is 4.72 Å². The Balaban J connectivity index is 2.64. The zero-order valence-electron chi connectivity index (χ0n) is 4.42. The predicted octanol–water partition coefficient (Wildman–Crippen LogP) is 1.82. The van der Waals surface area contributed by atoms with Gasteiger partial charge >= 0.3 is 0 Å². The van der Waals surface area contributed by atoms with E-state index in [0.717, 1.165) is 5.57 Å². The van der Waals surface area contributed by atoms with E-state index in [4.69, 9.17) is 0 Å². The van der Waals surface area contributed by atoms with Gasteiger partial charge in [0.1, 0.15) is 0 Å². The minimum Gasteiger partial charge on any atom is -0.332 e. The van der Waals surface area contributed by atoms with Gasteiger partial charge in [-0.05, 0) is 29.0 Å². The van der Waals surface area contributed by atoms with Crippen molar-refractivity contribution in [2.45, 2.75) is 0 Å². The zero-order valence-corrected chi connectivity index (χ0v) is 5.24. The molecule has 0 saturated heterocycles. The molecule has 0 atom stereocenters. The summed E-state index contributed by atoms with van der Waals surface area (Å²) in [6, 6.07) is 0. The Kier molecular flexibility index (Phi) is 1.80. The topological polar surface area (TPSA) is 12.0 Å². The van der Waals surface area contributed by atoms with E-state index in [1.165, 1.54) is 0 Å². The molecule has 0 spiro atoms. The number of hydrogen-bond acceptors (Lipinski definition) is 2. The summed E-state index contributed by atoms with van der Waals surface area (Å²) in [6.45, 7) is 3.62. The highest BCUT2D eigenvalue weighted by Crippen LogP contribution is 2.08. The maximum absolute atomic E-state index is 3.62. The molecule has 0 bridgehead atoms. The van der Waals surface area contributed by atoms with Crippen molar-refractivity contribution in [3.8, 4) is 0 Å². The first kappa shape index (κ1) is 5.51. The molecule has 0 amide bonds. The SMILES string of the molecule is C=CC1=CNSC=C1. The van der Waals surface area contributed by atoms with Crippen molar-refractivity contribution in [2.75, 3.05) is 0 Å². The van der Waals surface area contributed by atoms with Crippen molar-refractivity contribution in [3.05, 3.63) is 35.9 Å². The summed E-state index contributed by atoms with van der Waals surface area (Å²) in [5.74, 6) is 0. The third-order valence-corrected chi connectivity index (χ3v) is 1.38. The van der Waals surface area contributed by atoms with Gasteiger partial charge in [0.05, 0.1) is 0 Å². The first-order valence-corrected chi connectivity index (χ1v) is 3.22. The standard InChI is InChI=1S/C6H7NS/c1-2-6-3-4-8-7-5-6/h2-5,7H,1H2. The molecule has 0 aliphatic carbocycles. The fourth-order valence-corrected chi connectivity index (χ4v) is 0.937. The quantitative estimate of drug-likeness (QED) is 0.536. The highest BCUT2D eigenvalue weighted by atomic mass is 32.2. The summed E-state index contributed by atoms with van der Waals surface area (Å²) in [7, 11) is 0. The highest BCUT2D eigenvalue weighted by molar-refractivity contribution is 8.00. The average molecular weight is 125 g/mol. The van der Waals surface area contributed by atoms with Gasteiger partial charge in [0.25, 0.3) is 0 Å². The lowest BCUT2D eigenvalue weighted by Gasteiger charge is -2.00. The molecule has 1 aliphatic heterocycles. The number of rotatable bonds is 1. The van der Waals surface area contributed by atoms with Crippen LogP contribution < -0.4 is 4.72 Å². The van der Waals surface area contributed by atoms with E-state index < -0.39 is 0 Å². The Bertz CT molecular complexity index is 147. The van der Waals surface area contributed by atoms with Crippen LogP contribution in [-0.2, 0) is 0 Å². The number of allylic oxidation sites excluding steroid dienone is 3. The van der Waals surface area contributed by atoms with Crippen LogP contribution in [-0.4, -0.2) is 0 Å². The molecule has 0 aromatic heterocycles. The third kappa shape index (κ3) is 1.17.